The van der Waals surface area contributed by atoms with Crippen LogP contribution in [0.15, 0.2) is 47.6 Å². The zero-order chi connectivity index (χ0) is 11.6. The fourth-order valence-corrected chi connectivity index (χ4v) is 2.01. The van der Waals surface area contributed by atoms with Crippen LogP contribution in [0.1, 0.15) is 0 Å². The third-order valence-corrected chi connectivity index (χ3v) is 3.21. The van der Waals surface area contributed by atoms with Crippen LogP contribution in [0.2, 0.25) is 5.02 Å². The molecular formula is C9H7ClN2O3S. The van der Waals surface area contributed by atoms with Gasteiger partial charge >= 0.3 is 10.1 Å². The molecule has 1 aromatic heterocycles. The summed E-state index contributed by atoms with van der Waals surface area (Å²) in [4.78, 5) is 0.886. The van der Waals surface area contributed by atoms with Crippen molar-refractivity contribution >= 4 is 21.7 Å². The lowest BCUT2D eigenvalue weighted by Crippen LogP contribution is -2.20. The van der Waals surface area contributed by atoms with E-state index in [1.807, 2.05) is 0 Å². The Balaban J connectivity index is 2.29. The summed E-state index contributed by atoms with van der Waals surface area (Å²) in [5.74, 6) is 0. The first-order chi connectivity index (χ1) is 7.58. The summed E-state index contributed by atoms with van der Waals surface area (Å²) in [6, 6.07) is 7.22. The molecule has 2 aromatic rings. The first kappa shape index (κ1) is 11.0. The maximum atomic E-state index is 11.7. The summed E-state index contributed by atoms with van der Waals surface area (Å²) in [6.45, 7) is 0. The molecular weight excluding hydrogens is 252 g/mol. The Hall–Kier alpha value is -1.53. The van der Waals surface area contributed by atoms with E-state index in [-0.39, 0.29) is 4.90 Å². The van der Waals surface area contributed by atoms with Crippen molar-refractivity contribution < 1.29 is 12.7 Å². The first-order valence-electron chi connectivity index (χ1n) is 4.28. The summed E-state index contributed by atoms with van der Waals surface area (Å²) in [5.41, 5.74) is 0. The predicted molar refractivity (Wildman–Crippen MR) is 57.4 cm³/mol. The van der Waals surface area contributed by atoms with Gasteiger partial charge in [-0.2, -0.15) is 8.42 Å². The minimum atomic E-state index is -3.86. The van der Waals surface area contributed by atoms with E-state index in [1.165, 1.54) is 36.7 Å². The fraction of sp³-hybridized carbons (Fsp3) is 0. The van der Waals surface area contributed by atoms with Crippen molar-refractivity contribution in [2.24, 2.45) is 0 Å². The average molecular weight is 259 g/mol. The molecule has 0 saturated heterocycles. The smallest absolute Gasteiger partial charge is 0.266 e. The summed E-state index contributed by atoms with van der Waals surface area (Å²) in [6.07, 6.45) is 2.80. The Morgan fingerprint density at radius 3 is 2.50 bits per heavy atom. The lowest BCUT2D eigenvalue weighted by atomic mass is 10.4. The van der Waals surface area contributed by atoms with Gasteiger partial charge in [0.1, 0.15) is 4.90 Å². The molecule has 0 N–H and O–H groups in total. The van der Waals surface area contributed by atoms with Gasteiger partial charge in [0.2, 0.25) is 0 Å². The number of hydrogen-bond acceptors (Lipinski definition) is 4. The monoisotopic (exact) mass is 258 g/mol. The Morgan fingerprint density at radius 2 is 1.94 bits per heavy atom. The second-order valence-electron chi connectivity index (χ2n) is 2.89. The van der Waals surface area contributed by atoms with Crippen molar-refractivity contribution in [1.29, 1.82) is 0 Å². The van der Waals surface area contributed by atoms with Gasteiger partial charge in [-0.1, -0.05) is 16.4 Å². The van der Waals surface area contributed by atoms with E-state index < -0.39 is 10.1 Å². The number of hydrogen-bond donors (Lipinski definition) is 0. The lowest BCUT2D eigenvalue weighted by Gasteiger charge is -2.04. The van der Waals surface area contributed by atoms with Crippen molar-refractivity contribution in [3.05, 3.63) is 47.7 Å². The molecule has 0 spiro atoms. The van der Waals surface area contributed by atoms with Gasteiger partial charge in [0.25, 0.3) is 0 Å². The minimum absolute atomic E-state index is 0.0207. The summed E-state index contributed by atoms with van der Waals surface area (Å²) in [5, 5.41) is 4.09. The van der Waals surface area contributed by atoms with Gasteiger partial charge in [-0.15, -0.1) is 5.10 Å². The van der Waals surface area contributed by atoms with Crippen LogP contribution in [-0.4, -0.2) is 18.4 Å². The number of halogens is 1. The van der Waals surface area contributed by atoms with E-state index in [0.717, 1.165) is 4.85 Å². The van der Waals surface area contributed by atoms with E-state index in [2.05, 4.69) is 5.10 Å². The molecule has 0 aliphatic heterocycles. The second kappa shape index (κ2) is 4.15. The highest BCUT2D eigenvalue weighted by Crippen LogP contribution is 2.14. The van der Waals surface area contributed by atoms with Gasteiger partial charge < -0.3 is 0 Å². The summed E-state index contributed by atoms with van der Waals surface area (Å²) in [7, 11) is -3.86. The van der Waals surface area contributed by atoms with Crippen molar-refractivity contribution in [3.63, 3.8) is 0 Å². The highest BCUT2D eigenvalue weighted by Gasteiger charge is 2.16. The van der Waals surface area contributed by atoms with Crippen molar-refractivity contribution in [2.45, 2.75) is 4.90 Å². The normalized spacial score (nSPS) is 11.3. The molecule has 0 amide bonds. The Kier molecular flexibility index (Phi) is 2.84. The number of benzene rings is 1. The SMILES string of the molecule is O=S(=O)(On1cccn1)c1ccc(Cl)cc1. The van der Waals surface area contributed by atoms with Crippen molar-refractivity contribution in [3.8, 4) is 0 Å². The topological polar surface area (TPSA) is 61.2 Å². The molecule has 0 fully saturated rings. The zero-order valence-corrected chi connectivity index (χ0v) is 9.52. The molecule has 0 atom stereocenters. The van der Waals surface area contributed by atoms with Crippen LogP contribution in [0.3, 0.4) is 0 Å². The van der Waals surface area contributed by atoms with Gasteiger partial charge in [-0.05, 0) is 30.3 Å². The summed E-state index contributed by atoms with van der Waals surface area (Å²) >= 11 is 5.65. The highest BCUT2D eigenvalue weighted by atomic mass is 35.5. The largest absolute Gasteiger partial charge is 0.358 e. The molecule has 84 valence electrons. The van der Waals surface area contributed by atoms with Gasteiger partial charge in [0.15, 0.2) is 0 Å². The van der Waals surface area contributed by atoms with E-state index in [4.69, 9.17) is 15.9 Å². The molecule has 2 rings (SSSR count). The predicted octanol–water partition coefficient (Wildman–Crippen LogP) is 1.35. The van der Waals surface area contributed by atoms with E-state index in [1.54, 1.807) is 6.07 Å². The zero-order valence-electron chi connectivity index (χ0n) is 7.95. The molecule has 0 saturated carbocycles. The average Bonchev–Trinajstić information content (AvgIpc) is 2.70. The maximum Gasteiger partial charge on any atom is 0.358 e. The second-order valence-corrected chi connectivity index (χ2v) is 4.86. The molecule has 7 heteroatoms. The van der Waals surface area contributed by atoms with Crippen LogP contribution in [-0.2, 0) is 10.1 Å². The number of aromatic nitrogens is 2. The van der Waals surface area contributed by atoms with Gasteiger partial charge in [0, 0.05) is 5.02 Å². The number of nitrogens with zero attached hydrogens (tertiary/aromatic N) is 2. The van der Waals surface area contributed by atoms with E-state index >= 15 is 0 Å². The molecule has 0 aliphatic rings. The third-order valence-electron chi connectivity index (χ3n) is 1.76. The minimum Gasteiger partial charge on any atom is -0.266 e. The number of rotatable bonds is 3. The Labute approximate surface area is 97.3 Å². The summed E-state index contributed by atoms with van der Waals surface area (Å²) < 4.78 is 28.1. The first-order valence-corrected chi connectivity index (χ1v) is 6.07. The third kappa shape index (κ3) is 2.34. The van der Waals surface area contributed by atoms with Crippen LogP contribution >= 0.6 is 11.6 Å². The maximum absolute atomic E-state index is 11.7. The fourth-order valence-electron chi connectivity index (χ4n) is 1.04. The van der Waals surface area contributed by atoms with Crippen LogP contribution < -0.4 is 4.28 Å². The molecule has 16 heavy (non-hydrogen) atoms. The molecule has 1 aromatic carbocycles. The lowest BCUT2D eigenvalue weighted by molar-refractivity contribution is 0.240. The van der Waals surface area contributed by atoms with Crippen LogP contribution in [0.5, 0.6) is 0 Å². The molecule has 0 unspecified atom stereocenters. The van der Waals surface area contributed by atoms with Gasteiger partial charge in [0.05, 0.1) is 12.4 Å². The highest BCUT2D eigenvalue weighted by molar-refractivity contribution is 7.87. The van der Waals surface area contributed by atoms with E-state index in [9.17, 15) is 8.42 Å². The molecule has 5 nitrogen and oxygen atoms in total. The Morgan fingerprint density at radius 1 is 1.25 bits per heavy atom. The van der Waals surface area contributed by atoms with E-state index in [0.29, 0.717) is 5.02 Å². The molecule has 1 heterocycles. The standard InChI is InChI=1S/C9H7ClN2O3S/c10-8-2-4-9(5-3-8)16(13,14)15-12-7-1-6-11-12/h1-7H. The molecule has 0 radical (unpaired) electrons. The molecule has 0 bridgehead atoms. The van der Waals surface area contributed by atoms with Crippen molar-refractivity contribution in [2.75, 3.05) is 0 Å². The van der Waals surface area contributed by atoms with Crippen LogP contribution in [0.4, 0.5) is 0 Å². The quantitative estimate of drug-likeness (QED) is 0.834. The van der Waals surface area contributed by atoms with Gasteiger partial charge in [-0.3, -0.25) is 4.28 Å². The van der Waals surface area contributed by atoms with Crippen LogP contribution in [0, 0.1) is 0 Å². The van der Waals surface area contributed by atoms with Crippen molar-refractivity contribution in [1.82, 2.24) is 9.94 Å². The molecule has 0 aliphatic carbocycles. The van der Waals surface area contributed by atoms with Gasteiger partial charge in [-0.25, -0.2) is 0 Å². The Bertz CT molecular complexity index is 563. The van der Waals surface area contributed by atoms with Crippen LogP contribution in [0.25, 0.3) is 0 Å².